The molecule has 1 aliphatic heterocycles. The first-order valence-corrected chi connectivity index (χ1v) is 10.4. The topological polar surface area (TPSA) is 54.5 Å². The van der Waals surface area contributed by atoms with E-state index in [1.54, 1.807) is 24.0 Å². The Hall–Kier alpha value is -1.41. The van der Waals surface area contributed by atoms with Crippen LogP contribution in [0.1, 0.15) is 15.9 Å². The third kappa shape index (κ3) is 5.81. The van der Waals surface area contributed by atoms with Crippen molar-refractivity contribution in [2.75, 3.05) is 39.4 Å². The van der Waals surface area contributed by atoms with Gasteiger partial charge in [-0.15, -0.1) is 11.8 Å². The van der Waals surface area contributed by atoms with E-state index in [4.69, 9.17) is 4.74 Å². The third-order valence-corrected chi connectivity index (χ3v) is 5.67. The summed E-state index contributed by atoms with van der Waals surface area (Å²) in [4.78, 5) is 19.3. The number of halogens is 1. The number of ether oxygens (including phenoxy) is 1. The highest BCUT2D eigenvalue weighted by atomic mass is 79.9. The quantitative estimate of drug-likeness (QED) is 0.676. The molecule has 1 saturated heterocycles. The van der Waals surface area contributed by atoms with Crippen LogP contribution in [0.5, 0.6) is 0 Å². The molecule has 0 spiro atoms. The number of nitrogens with one attached hydrogen (secondary N) is 1. The van der Waals surface area contributed by atoms with Crippen LogP contribution in [0, 0.1) is 0 Å². The number of rotatable bonds is 7. The number of pyridine rings is 1. The molecule has 1 aromatic carbocycles. The second kappa shape index (κ2) is 10.1. The van der Waals surface area contributed by atoms with Gasteiger partial charge in [-0.2, -0.15) is 0 Å². The molecule has 7 heteroatoms. The van der Waals surface area contributed by atoms with Crippen molar-refractivity contribution in [1.29, 1.82) is 0 Å². The zero-order chi connectivity index (χ0) is 18.2. The minimum absolute atomic E-state index is 0.0666. The molecular weight excluding hydrogens is 414 g/mol. The molecule has 0 aliphatic carbocycles. The zero-order valence-corrected chi connectivity index (χ0v) is 16.9. The van der Waals surface area contributed by atoms with Crippen LogP contribution in [-0.4, -0.2) is 55.2 Å². The number of aromatic nitrogens is 1. The van der Waals surface area contributed by atoms with Gasteiger partial charge in [0.1, 0.15) is 5.03 Å². The molecule has 1 amide bonds. The van der Waals surface area contributed by atoms with Crippen LogP contribution in [0.3, 0.4) is 0 Å². The lowest BCUT2D eigenvalue weighted by atomic mass is 10.2. The van der Waals surface area contributed by atoms with E-state index in [2.05, 4.69) is 43.3 Å². The predicted octanol–water partition coefficient (Wildman–Crippen LogP) is 3.20. The average Bonchev–Trinajstić information content (AvgIpc) is 2.67. The van der Waals surface area contributed by atoms with E-state index in [0.29, 0.717) is 12.1 Å². The van der Waals surface area contributed by atoms with Crippen molar-refractivity contribution in [3.63, 3.8) is 0 Å². The summed E-state index contributed by atoms with van der Waals surface area (Å²) < 4.78 is 6.39. The molecular formula is C19H22BrN3O2S. The van der Waals surface area contributed by atoms with E-state index in [1.807, 2.05) is 18.2 Å². The largest absolute Gasteiger partial charge is 0.379 e. The van der Waals surface area contributed by atoms with Gasteiger partial charge in [0.05, 0.1) is 18.8 Å². The number of nitrogens with zero attached hydrogens (tertiary/aromatic N) is 2. The summed E-state index contributed by atoms with van der Waals surface area (Å²) in [5.74, 6) is 0.702. The Kier molecular flexibility index (Phi) is 7.49. The van der Waals surface area contributed by atoms with Crippen molar-refractivity contribution >= 4 is 33.6 Å². The fraction of sp³-hybridized carbons (Fsp3) is 0.368. The number of morpholine rings is 1. The number of carbonyl (C=O) groups is 1. The molecule has 0 bridgehead atoms. The molecule has 2 heterocycles. The normalized spacial score (nSPS) is 15.0. The van der Waals surface area contributed by atoms with E-state index >= 15 is 0 Å². The van der Waals surface area contributed by atoms with Gasteiger partial charge >= 0.3 is 0 Å². The number of carbonyl (C=O) groups excluding carboxylic acids is 1. The van der Waals surface area contributed by atoms with E-state index in [9.17, 15) is 4.79 Å². The van der Waals surface area contributed by atoms with Crippen LogP contribution in [0.15, 0.2) is 52.1 Å². The number of hydrogen-bond donors (Lipinski definition) is 1. The van der Waals surface area contributed by atoms with Crippen molar-refractivity contribution in [3.05, 3.63) is 58.2 Å². The highest BCUT2D eigenvalue weighted by Crippen LogP contribution is 2.25. The Morgan fingerprint density at radius 1 is 1.27 bits per heavy atom. The first-order chi connectivity index (χ1) is 12.7. The maximum Gasteiger partial charge on any atom is 0.254 e. The Morgan fingerprint density at radius 3 is 2.92 bits per heavy atom. The number of hydrogen-bond acceptors (Lipinski definition) is 5. The Bertz CT molecular complexity index is 738. The second-order valence-electron chi connectivity index (χ2n) is 5.98. The van der Waals surface area contributed by atoms with Crippen LogP contribution in [0.4, 0.5) is 0 Å². The number of amides is 1. The van der Waals surface area contributed by atoms with Gasteiger partial charge in [0.2, 0.25) is 0 Å². The van der Waals surface area contributed by atoms with Crippen LogP contribution < -0.4 is 5.32 Å². The summed E-state index contributed by atoms with van der Waals surface area (Å²) >= 11 is 5.07. The van der Waals surface area contributed by atoms with E-state index in [0.717, 1.165) is 48.1 Å². The van der Waals surface area contributed by atoms with Gasteiger partial charge in [-0.3, -0.25) is 9.69 Å². The molecule has 0 atom stereocenters. The highest BCUT2D eigenvalue weighted by Gasteiger charge is 2.14. The summed E-state index contributed by atoms with van der Waals surface area (Å²) in [5.41, 5.74) is 1.82. The summed E-state index contributed by atoms with van der Waals surface area (Å²) in [6.07, 6.45) is 1.73. The maximum atomic E-state index is 12.6. The monoisotopic (exact) mass is 435 g/mol. The van der Waals surface area contributed by atoms with Crippen molar-refractivity contribution < 1.29 is 9.53 Å². The molecule has 2 aromatic rings. The van der Waals surface area contributed by atoms with Crippen molar-refractivity contribution in [2.45, 2.75) is 10.8 Å². The van der Waals surface area contributed by atoms with Crippen LogP contribution in [-0.2, 0) is 10.5 Å². The van der Waals surface area contributed by atoms with Gasteiger partial charge in [-0.25, -0.2) is 4.98 Å². The fourth-order valence-electron chi connectivity index (χ4n) is 2.70. The van der Waals surface area contributed by atoms with Crippen LogP contribution >= 0.6 is 27.7 Å². The molecule has 0 radical (unpaired) electrons. The summed E-state index contributed by atoms with van der Waals surface area (Å²) in [6.45, 7) is 4.87. The molecule has 1 N–H and O–H groups in total. The Morgan fingerprint density at radius 2 is 2.12 bits per heavy atom. The van der Waals surface area contributed by atoms with Crippen LogP contribution in [0.25, 0.3) is 0 Å². The van der Waals surface area contributed by atoms with Gasteiger partial charge in [0.15, 0.2) is 0 Å². The lowest BCUT2D eigenvalue weighted by Gasteiger charge is -2.26. The van der Waals surface area contributed by atoms with Gasteiger partial charge in [0, 0.05) is 42.6 Å². The first kappa shape index (κ1) is 19.4. The van der Waals surface area contributed by atoms with Crippen molar-refractivity contribution in [3.8, 4) is 0 Å². The number of benzene rings is 1. The molecule has 1 fully saturated rings. The van der Waals surface area contributed by atoms with E-state index in [-0.39, 0.29) is 5.91 Å². The molecule has 1 aliphatic rings. The minimum atomic E-state index is -0.0666. The van der Waals surface area contributed by atoms with E-state index < -0.39 is 0 Å². The zero-order valence-electron chi connectivity index (χ0n) is 14.5. The summed E-state index contributed by atoms with van der Waals surface area (Å²) in [7, 11) is 0. The molecule has 3 rings (SSSR count). The molecule has 0 unspecified atom stereocenters. The summed E-state index contributed by atoms with van der Waals surface area (Å²) in [6, 6.07) is 11.8. The van der Waals surface area contributed by atoms with E-state index in [1.165, 1.54) is 5.56 Å². The smallest absolute Gasteiger partial charge is 0.254 e. The number of thioether (sulfide) groups is 1. The third-order valence-electron chi connectivity index (χ3n) is 4.10. The van der Waals surface area contributed by atoms with Gasteiger partial charge < -0.3 is 10.1 Å². The lowest BCUT2D eigenvalue weighted by Crippen LogP contribution is -2.41. The van der Waals surface area contributed by atoms with Gasteiger partial charge in [0.25, 0.3) is 5.91 Å². The average molecular weight is 436 g/mol. The van der Waals surface area contributed by atoms with Crippen molar-refractivity contribution in [2.24, 2.45) is 0 Å². The Labute approximate surface area is 166 Å². The predicted molar refractivity (Wildman–Crippen MR) is 108 cm³/mol. The van der Waals surface area contributed by atoms with Gasteiger partial charge in [-0.1, -0.05) is 28.1 Å². The Balaban J connectivity index is 1.54. The van der Waals surface area contributed by atoms with Crippen molar-refractivity contribution in [1.82, 2.24) is 15.2 Å². The standard InChI is InChI=1S/C19H22BrN3O2S/c20-16-4-1-3-15(13-16)14-26-19-17(5-2-6-22-19)18(24)21-7-8-23-9-11-25-12-10-23/h1-6,13H,7-12,14H2,(H,21,24). The highest BCUT2D eigenvalue weighted by molar-refractivity contribution is 9.10. The molecule has 1 aromatic heterocycles. The van der Waals surface area contributed by atoms with Gasteiger partial charge in [-0.05, 0) is 29.8 Å². The molecule has 26 heavy (non-hydrogen) atoms. The maximum absolute atomic E-state index is 12.6. The molecule has 0 saturated carbocycles. The second-order valence-corrected chi connectivity index (χ2v) is 7.86. The van der Waals surface area contributed by atoms with Crippen LogP contribution in [0.2, 0.25) is 0 Å². The molecule has 138 valence electrons. The first-order valence-electron chi connectivity index (χ1n) is 8.63. The molecule has 5 nitrogen and oxygen atoms in total. The fourth-order valence-corrected chi connectivity index (χ4v) is 4.09. The minimum Gasteiger partial charge on any atom is -0.379 e. The SMILES string of the molecule is O=C(NCCN1CCOCC1)c1cccnc1SCc1cccc(Br)c1. The summed E-state index contributed by atoms with van der Waals surface area (Å²) in [5, 5.41) is 3.77. The lowest BCUT2D eigenvalue weighted by molar-refractivity contribution is 0.0383.